The molecular formula is C21H29F11O. The molecule has 196 valence electrons. The second kappa shape index (κ2) is 11.3. The lowest BCUT2D eigenvalue weighted by atomic mass is 9.93. The van der Waals surface area contributed by atoms with Gasteiger partial charge in [-0.1, -0.05) is 52.4 Å². The van der Waals surface area contributed by atoms with Crippen LogP contribution in [0.4, 0.5) is 48.3 Å². The molecule has 0 aliphatic heterocycles. The van der Waals surface area contributed by atoms with Crippen molar-refractivity contribution < 1.29 is 53.0 Å². The Morgan fingerprint density at radius 2 is 1.33 bits per heavy atom. The molecule has 3 unspecified atom stereocenters. The van der Waals surface area contributed by atoms with Gasteiger partial charge in [0.25, 0.3) is 0 Å². The number of unbranched alkanes of at least 4 members (excludes halogenated alkanes) is 5. The molecule has 1 nitrogen and oxygen atoms in total. The maximum absolute atomic E-state index is 14.0. The first-order valence-electron chi connectivity index (χ1n) is 10.8. The average molecular weight is 506 g/mol. The van der Waals surface area contributed by atoms with E-state index >= 15 is 0 Å². The third-order valence-electron chi connectivity index (χ3n) is 5.95. The van der Waals surface area contributed by atoms with Crippen LogP contribution >= 0.6 is 0 Å². The fourth-order valence-electron chi connectivity index (χ4n) is 3.85. The molecule has 3 atom stereocenters. The standard InChI is InChI=1S/C21H29F11O/c1-3-5-6-7-8-9-10-15-12-11-14(4-2)16(15)33-13-17(22,23)18(24,25)19(26,27)20(28,29)21(30,31)32/h12,14-16H,2-11,13H2,1H3. The van der Waals surface area contributed by atoms with Crippen molar-refractivity contribution in [2.75, 3.05) is 6.61 Å². The minimum absolute atomic E-state index is 0.137. The molecular weight excluding hydrogens is 477 g/mol. The topological polar surface area (TPSA) is 9.23 Å². The van der Waals surface area contributed by atoms with Crippen LogP contribution in [0.3, 0.4) is 0 Å². The van der Waals surface area contributed by atoms with E-state index in [0.29, 0.717) is 19.3 Å². The Labute approximate surface area is 186 Å². The summed E-state index contributed by atoms with van der Waals surface area (Å²) in [4.78, 5) is 0. The Hall–Kier alpha value is -0.810. The lowest BCUT2D eigenvalue weighted by Gasteiger charge is -2.38. The van der Waals surface area contributed by atoms with E-state index in [1.807, 2.05) is 6.92 Å². The zero-order valence-electron chi connectivity index (χ0n) is 18.2. The third kappa shape index (κ3) is 6.45. The van der Waals surface area contributed by atoms with Gasteiger partial charge >= 0.3 is 29.9 Å². The predicted octanol–water partition coefficient (Wildman–Crippen LogP) is 8.29. The SMILES string of the molecule is [CH2]CC1C[CH]C(CCCCCCCC)C1OCC(F)(F)C(F)(F)C(F)(F)C(F)(F)C(F)(F)F. The van der Waals surface area contributed by atoms with Crippen molar-refractivity contribution in [3.63, 3.8) is 0 Å². The van der Waals surface area contributed by atoms with Crippen LogP contribution in [0, 0.1) is 25.2 Å². The summed E-state index contributed by atoms with van der Waals surface area (Å²) in [6.07, 6.45) is -0.159. The van der Waals surface area contributed by atoms with Gasteiger partial charge in [0.15, 0.2) is 0 Å². The van der Waals surface area contributed by atoms with Crippen molar-refractivity contribution in [1.29, 1.82) is 0 Å². The van der Waals surface area contributed by atoms with Crippen LogP contribution in [-0.2, 0) is 4.74 Å². The molecule has 1 rings (SSSR count). The molecule has 1 aliphatic carbocycles. The van der Waals surface area contributed by atoms with E-state index in [2.05, 4.69) is 6.92 Å². The van der Waals surface area contributed by atoms with Gasteiger partial charge < -0.3 is 4.74 Å². The molecule has 0 aromatic heterocycles. The van der Waals surface area contributed by atoms with Crippen molar-refractivity contribution in [3.8, 4) is 0 Å². The van der Waals surface area contributed by atoms with Gasteiger partial charge in [0.2, 0.25) is 0 Å². The van der Waals surface area contributed by atoms with E-state index in [9.17, 15) is 48.3 Å². The highest BCUT2D eigenvalue weighted by Gasteiger charge is 2.87. The first-order chi connectivity index (χ1) is 15.0. The van der Waals surface area contributed by atoms with Crippen LogP contribution in [0.25, 0.3) is 0 Å². The van der Waals surface area contributed by atoms with Crippen LogP contribution in [0.2, 0.25) is 0 Å². The molecule has 0 saturated heterocycles. The molecule has 0 aromatic carbocycles. The van der Waals surface area contributed by atoms with Gasteiger partial charge in [0.05, 0.1) is 6.10 Å². The summed E-state index contributed by atoms with van der Waals surface area (Å²) in [5.41, 5.74) is 0. The summed E-state index contributed by atoms with van der Waals surface area (Å²) in [7, 11) is 0. The fourth-order valence-corrected chi connectivity index (χ4v) is 3.85. The Kier molecular flexibility index (Phi) is 10.3. The normalized spacial score (nSPS) is 23.4. The molecule has 1 fully saturated rings. The summed E-state index contributed by atoms with van der Waals surface area (Å²) in [6.45, 7) is 3.19. The van der Waals surface area contributed by atoms with E-state index in [1.54, 1.807) is 6.42 Å². The minimum atomic E-state index is -7.41. The van der Waals surface area contributed by atoms with Gasteiger partial charge in [-0.05, 0) is 37.5 Å². The highest BCUT2D eigenvalue weighted by Crippen LogP contribution is 2.57. The number of hydrogen-bond donors (Lipinski definition) is 0. The lowest BCUT2D eigenvalue weighted by molar-refractivity contribution is -0.425. The van der Waals surface area contributed by atoms with Crippen molar-refractivity contribution in [3.05, 3.63) is 13.3 Å². The summed E-state index contributed by atoms with van der Waals surface area (Å²) in [6, 6.07) is 0. The van der Waals surface area contributed by atoms with Crippen LogP contribution < -0.4 is 0 Å². The molecule has 0 spiro atoms. The van der Waals surface area contributed by atoms with Gasteiger partial charge in [0, 0.05) is 0 Å². The van der Waals surface area contributed by atoms with Crippen LogP contribution in [0.1, 0.15) is 64.7 Å². The number of ether oxygens (including phenoxy) is 1. The van der Waals surface area contributed by atoms with Gasteiger partial charge in [-0.15, -0.1) is 0 Å². The summed E-state index contributed by atoms with van der Waals surface area (Å²) in [5, 5.41) is 0. The van der Waals surface area contributed by atoms with Crippen LogP contribution in [0.5, 0.6) is 0 Å². The quantitative estimate of drug-likeness (QED) is 0.170. The molecule has 1 aliphatic rings. The lowest BCUT2D eigenvalue weighted by Crippen LogP contribution is -2.67. The van der Waals surface area contributed by atoms with E-state index in [-0.39, 0.29) is 6.42 Å². The molecule has 33 heavy (non-hydrogen) atoms. The second-order valence-electron chi connectivity index (χ2n) is 8.44. The second-order valence-corrected chi connectivity index (χ2v) is 8.44. The van der Waals surface area contributed by atoms with Crippen LogP contribution in [0.15, 0.2) is 0 Å². The van der Waals surface area contributed by atoms with Gasteiger partial charge in [-0.3, -0.25) is 0 Å². The molecule has 0 bridgehead atoms. The van der Waals surface area contributed by atoms with E-state index < -0.39 is 54.4 Å². The Balaban J connectivity index is 2.88. The van der Waals surface area contributed by atoms with E-state index in [4.69, 9.17) is 4.74 Å². The third-order valence-corrected chi connectivity index (χ3v) is 5.95. The Bertz CT molecular complexity index is 589. The smallest absolute Gasteiger partial charge is 0.371 e. The zero-order chi connectivity index (χ0) is 25.7. The Morgan fingerprint density at radius 1 is 0.788 bits per heavy atom. The molecule has 1 saturated carbocycles. The Morgan fingerprint density at radius 3 is 1.85 bits per heavy atom. The number of rotatable bonds is 14. The summed E-state index contributed by atoms with van der Waals surface area (Å²) < 4.78 is 150. The number of hydrogen-bond acceptors (Lipinski definition) is 1. The first-order valence-corrected chi connectivity index (χ1v) is 10.8. The molecule has 0 amide bonds. The monoisotopic (exact) mass is 506 g/mol. The van der Waals surface area contributed by atoms with Crippen molar-refractivity contribution in [1.82, 2.24) is 0 Å². The van der Waals surface area contributed by atoms with Crippen molar-refractivity contribution in [2.24, 2.45) is 11.8 Å². The average Bonchev–Trinajstić information content (AvgIpc) is 3.09. The maximum Gasteiger partial charge on any atom is 0.460 e. The van der Waals surface area contributed by atoms with Crippen LogP contribution in [-0.4, -0.2) is 42.6 Å². The summed E-state index contributed by atoms with van der Waals surface area (Å²) in [5.74, 6) is -28.8. The van der Waals surface area contributed by atoms with E-state index in [1.165, 1.54) is 0 Å². The van der Waals surface area contributed by atoms with Crippen molar-refractivity contribution >= 4 is 0 Å². The maximum atomic E-state index is 14.0. The van der Waals surface area contributed by atoms with Gasteiger partial charge in [-0.2, -0.15) is 48.3 Å². The fraction of sp³-hybridized carbons (Fsp3) is 0.905. The number of halogens is 11. The minimum Gasteiger partial charge on any atom is -0.371 e. The first kappa shape index (κ1) is 30.2. The number of alkyl halides is 11. The highest BCUT2D eigenvalue weighted by atomic mass is 19.4. The molecule has 0 aromatic rings. The van der Waals surface area contributed by atoms with E-state index in [0.717, 1.165) is 32.1 Å². The zero-order valence-corrected chi connectivity index (χ0v) is 18.2. The van der Waals surface area contributed by atoms with Gasteiger partial charge in [0.1, 0.15) is 6.61 Å². The van der Waals surface area contributed by atoms with Gasteiger partial charge in [-0.25, -0.2) is 0 Å². The molecule has 12 heteroatoms. The molecule has 0 heterocycles. The molecule has 0 N–H and O–H groups in total. The largest absolute Gasteiger partial charge is 0.460 e. The predicted molar refractivity (Wildman–Crippen MR) is 99.4 cm³/mol. The van der Waals surface area contributed by atoms with Crippen molar-refractivity contribution in [2.45, 2.75) is 101 Å². The summed E-state index contributed by atoms with van der Waals surface area (Å²) >= 11 is 0. The highest BCUT2D eigenvalue weighted by molar-refractivity contribution is 5.06. The molecule has 2 radical (unpaired) electrons.